The zero-order valence-electron chi connectivity index (χ0n) is 17.9. The van der Waals surface area contributed by atoms with Gasteiger partial charge in [0.05, 0.1) is 36.6 Å². The zero-order valence-corrected chi connectivity index (χ0v) is 17.9. The smallest absolute Gasteiger partial charge is 0.161 e. The van der Waals surface area contributed by atoms with Gasteiger partial charge in [-0.05, 0) is 27.2 Å². The Bertz CT molecular complexity index is 506. The second kappa shape index (κ2) is 10.3. The van der Waals surface area contributed by atoms with Crippen LogP contribution in [-0.2, 0) is 33.2 Å². The van der Waals surface area contributed by atoms with Crippen LogP contribution >= 0.6 is 0 Å². The van der Waals surface area contributed by atoms with Gasteiger partial charge in [0.25, 0.3) is 0 Å². The fourth-order valence-electron chi connectivity index (χ4n) is 4.34. The molecule has 0 aromatic carbocycles. The largest absolute Gasteiger partial charge is 0.388 e. The molecule has 170 valence electrons. The lowest BCUT2D eigenvalue weighted by atomic mass is 10.00. The summed E-state index contributed by atoms with van der Waals surface area (Å²) in [7, 11) is 3.22. The molecule has 0 spiro atoms. The summed E-state index contributed by atoms with van der Waals surface area (Å²) in [6.45, 7) is 5.61. The van der Waals surface area contributed by atoms with Gasteiger partial charge >= 0.3 is 0 Å². The summed E-state index contributed by atoms with van der Waals surface area (Å²) in [6.07, 6.45) is -2.12. The average molecular weight is 420 g/mol. The molecule has 3 saturated heterocycles. The molecule has 0 amide bonds. The Hall–Kier alpha value is -0.360. The highest BCUT2D eigenvalue weighted by atomic mass is 16.7. The van der Waals surface area contributed by atoms with Gasteiger partial charge in [0.15, 0.2) is 18.9 Å². The summed E-state index contributed by atoms with van der Waals surface area (Å²) in [5.41, 5.74) is 0. The Morgan fingerprint density at radius 3 is 1.97 bits per heavy atom. The van der Waals surface area contributed by atoms with E-state index in [1.807, 2.05) is 13.8 Å². The second-order valence-electron chi connectivity index (χ2n) is 8.20. The van der Waals surface area contributed by atoms with Gasteiger partial charge in [-0.15, -0.1) is 0 Å². The first-order chi connectivity index (χ1) is 13.8. The Morgan fingerprint density at radius 2 is 1.31 bits per heavy atom. The van der Waals surface area contributed by atoms with E-state index in [4.69, 9.17) is 33.2 Å². The number of ether oxygens (including phenoxy) is 7. The van der Waals surface area contributed by atoms with Crippen LogP contribution < -0.4 is 0 Å². The molecule has 3 rings (SSSR count). The normalized spacial score (nSPS) is 49.1. The van der Waals surface area contributed by atoms with Gasteiger partial charge in [-0.3, -0.25) is 0 Å². The predicted molar refractivity (Wildman–Crippen MR) is 101 cm³/mol. The Balaban J connectivity index is 1.56. The van der Waals surface area contributed by atoms with E-state index < -0.39 is 31.1 Å². The molecule has 9 heteroatoms. The van der Waals surface area contributed by atoms with Crippen molar-refractivity contribution in [3.63, 3.8) is 0 Å². The molecule has 2 N–H and O–H groups in total. The molecule has 11 atom stereocenters. The molecule has 0 aromatic rings. The fraction of sp³-hybridized carbons (Fsp3) is 1.00. The standard InChI is InChI=1S/C20H36O9/c1-10-13(6-7-16(21)25-10)28-17-9-15(24-5)20(12(3)27-17)29-18-8-14(23-4)19(22)11(2)26-18/h10-22H,6-9H2,1-5H3/t10-,11-,12-,13+,14-,15-,16?,17+,18+,19-,20-/m1/s1. The van der Waals surface area contributed by atoms with E-state index in [2.05, 4.69) is 0 Å². The summed E-state index contributed by atoms with van der Waals surface area (Å²) in [4.78, 5) is 0. The van der Waals surface area contributed by atoms with E-state index in [0.29, 0.717) is 25.7 Å². The Morgan fingerprint density at radius 1 is 0.690 bits per heavy atom. The van der Waals surface area contributed by atoms with E-state index in [0.717, 1.165) is 0 Å². The first-order valence-corrected chi connectivity index (χ1v) is 10.5. The average Bonchev–Trinajstić information content (AvgIpc) is 2.68. The molecule has 3 aliphatic rings. The molecule has 9 nitrogen and oxygen atoms in total. The van der Waals surface area contributed by atoms with Crippen molar-refractivity contribution in [1.82, 2.24) is 0 Å². The SMILES string of the molecule is CO[C@@H]1C[C@H](O[C@@H]2[C@@H](C)O[C@@H](O[C@H]3CCC(O)O[C@@H]3C)C[C@H]2OC)O[C@H](C)[C@H]1O. The Kier molecular flexibility index (Phi) is 8.28. The maximum atomic E-state index is 10.1. The third kappa shape index (κ3) is 5.66. The number of methoxy groups -OCH3 is 2. The molecule has 0 saturated carbocycles. The summed E-state index contributed by atoms with van der Waals surface area (Å²) in [5.74, 6) is 0. The molecular formula is C20H36O9. The first kappa shape index (κ1) is 23.3. The number of aliphatic hydroxyl groups excluding tert-OH is 2. The Labute approximate surface area is 172 Å². The molecule has 3 heterocycles. The predicted octanol–water partition coefficient (Wildman–Crippen LogP) is 0.935. The first-order valence-electron chi connectivity index (χ1n) is 10.5. The number of hydrogen-bond acceptors (Lipinski definition) is 9. The summed E-state index contributed by atoms with van der Waals surface area (Å²) >= 11 is 0. The van der Waals surface area contributed by atoms with Crippen molar-refractivity contribution in [3.8, 4) is 0 Å². The maximum Gasteiger partial charge on any atom is 0.161 e. The third-order valence-electron chi connectivity index (χ3n) is 6.11. The third-order valence-corrected chi connectivity index (χ3v) is 6.11. The minimum Gasteiger partial charge on any atom is -0.388 e. The molecule has 29 heavy (non-hydrogen) atoms. The van der Waals surface area contributed by atoms with Crippen LogP contribution in [0.25, 0.3) is 0 Å². The van der Waals surface area contributed by atoms with E-state index in [1.165, 1.54) is 0 Å². The minimum atomic E-state index is -0.729. The molecular weight excluding hydrogens is 384 g/mol. The number of aliphatic hydroxyl groups is 2. The van der Waals surface area contributed by atoms with Crippen molar-refractivity contribution >= 4 is 0 Å². The van der Waals surface area contributed by atoms with Crippen molar-refractivity contribution in [1.29, 1.82) is 0 Å². The lowest BCUT2D eigenvalue weighted by Gasteiger charge is -2.44. The summed E-state index contributed by atoms with van der Waals surface area (Å²) in [6, 6.07) is 0. The lowest BCUT2D eigenvalue weighted by molar-refractivity contribution is -0.326. The molecule has 0 aromatic heterocycles. The highest BCUT2D eigenvalue weighted by Gasteiger charge is 2.44. The number of rotatable bonds is 6. The van der Waals surface area contributed by atoms with Gasteiger partial charge in [0.2, 0.25) is 0 Å². The van der Waals surface area contributed by atoms with Gasteiger partial charge in [-0.1, -0.05) is 0 Å². The molecule has 1 unspecified atom stereocenters. The quantitative estimate of drug-likeness (QED) is 0.649. The van der Waals surface area contributed by atoms with E-state index in [-0.39, 0.29) is 36.6 Å². The van der Waals surface area contributed by atoms with Gasteiger partial charge in [-0.2, -0.15) is 0 Å². The maximum absolute atomic E-state index is 10.1. The van der Waals surface area contributed by atoms with Gasteiger partial charge in [-0.25, -0.2) is 0 Å². The molecule has 3 aliphatic heterocycles. The van der Waals surface area contributed by atoms with Crippen molar-refractivity contribution in [2.24, 2.45) is 0 Å². The monoisotopic (exact) mass is 420 g/mol. The lowest BCUT2D eigenvalue weighted by Crippen LogP contribution is -2.55. The van der Waals surface area contributed by atoms with Crippen molar-refractivity contribution in [2.75, 3.05) is 14.2 Å². The van der Waals surface area contributed by atoms with Crippen LogP contribution in [0.5, 0.6) is 0 Å². The van der Waals surface area contributed by atoms with Crippen LogP contribution in [-0.4, -0.2) is 92.1 Å². The highest BCUT2D eigenvalue weighted by Crippen LogP contribution is 2.32. The zero-order chi connectivity index (χ0) is 21.1. The van der Waals surface area contributed by atoms with Crippen molar-refractivity contribution in [2.45, 2.75) is 114 Å². The van der Waals surface area contributed by atoms with E-state index >= 15 is 0 Å². The van der Waals surface area contributed by atoms with E-state index in [1.54, 1.807) is 21.1 Å². The van der Waals surface area contributed by atoms with Gasteiger partial charge < -0.3 is 43.4 Å². The van der Waals surface area contributed by atoms with Gasteiger partial charge in [0, 0.05) is 33.5 Å². The van der Waals surface area contributed by atoms with Crippen LogP contribution in [0.4, 0.5) is 0 Å². The fourth-order valence-corrected chi connectivity index (χ4v) is 4.34. The van der Waals surface area contributed by atoms with Crippen LogP contribution in [0.2, 0.25) is 0 Å². The molecule has 0 bridgehead atoms. The molecule has 3 fully saturated rings. The van der Waals surface area contributed by atoms with Crippen LogP contribution in [0.3, 0.4) is 0 Å². The summed E-state index contributed by atoms with van der Waals surface area (Å²) < 4.78 is 40.7. The molecule has 0 aliphatic carbocycles. The highest BCUT2D eigenvalue weighted by molar-refractivity contribution is 4.87. The second-order valence-corrected chi connectivity index (χ2v) is 8.20. The molecule has 0 radical (unpaired) electrons. The minimum absolute atomic E-state index is 0.142. The van der Waals surface area contributed by atoms with Crippen molar-refractivity contribution in [3.05, 3.63) is 0 Å². The number of hydrogen-bond donors (Lipinski definition) is 2. The summed E-state index contributed by atoms with van der Waals surface area (Å²) in [5, 5.41) is 19.7. The van der Waals surface area contributed by atoms with E-state index in [9.17, 15) is 10.2 Å². The van der Waals surface area contributed by atoms with Crippen molar-refractivity contribution < 1.29 is 43.4 Å². The van der Waals surface area contributed by atoms with Crippen LogP contribution in [0.15, 0.2) is 0 Å². The van der Waals surface area contributed by atoms with Gasteiger partial charge in [0.1, 0.15) is 12.2 Å². The topological polar surface area (TPSA) is 105 Å². The van der Waals surface area contributed by atoms with Crippen LogP contribution in [0.1, 0.15) is 46.5 Å². The van der Waals surface area contributed by atoms with Crippen LogP contribution in [0, 0.1) is 0 Å².